The summed E-state index contributed by atoms with van der Waals surface area (Å²) >= 11 is 12.7. The van der Waals surface area contributed by atoms with E-state index in [4.69, 9.17) is 33.3 Å². The van der Waals surface area contributed by atoms with E-state index in [2.05, 4.69) is 0 Å². The molecule has 0 N–H and O–H groups in total. The summed E-state index contributed by atoms with van der Waals surface area (Å²) in [6.45, 7) is 2.35. The fourth-order valence-electron chi connectivity index (χ4n) is 3.28. The molecule has 0 radical (unpaired) electrons. The Morgan fingerprint density at radius 3 is 2.53 bits per heavy atom. The number of hydrogen-bond acceptors (Lipinski definition) is 5. The highest BCUT2D eigenvalue weighted by molar-refractivity contribution is 8.27. The molecule has 4 nitrogen and oxygen atoms in total. The summed E-state index contributed by atoms with van der Waals surface area (Å²) in [4.78, 5) is 15.2. The number of hydrogen-bond donors (Lipinski definition) is 0. The minimum atomic E-state index is -0.128. The topological polar surface area (TPSA) is 38.8 Å². The number of thiocarbonyl (C=S) groups is 1. The first-order chi connectivity index (χ1) is 15.5. The van der Waals surface area contributed by atoms with E-state index in [1.54, 1.807) is 12.0 Å². The summed E-state index contributed by atoms with van der Waals surface area (Å²) in [5.41, 5.74) is 3.63. The third kappa shape index (κ3) is 4.83. The lowest BCUT2D eigenvalue weighted by Gasteiger charge is -2.16. The summed E-state index contributed by atoms with van der Waals surface area (Å²) in [6.07, 6.45) is 1.82. The molecule has 0 spiro atoms. The average Bonchev–Trinajstić information content (AvgIpc) is 3.07. The third-order valence-electron chi connectivity index (χ3n) is 4.94. The van der Waals surface area contributed by atoms with Gasteiger partial charge in [0.15, 0.2) is 15.8 Å². The van der Waals surface area contributed by atoms with Crippen molar-refractivity contribution >= 4 is 57.6 Å². The number of rotatable bonds is 6. The number of carbonyl (C=O) groups excluding carboxylic acids is 1. The van der Waals surface area contributed by atoms with Crippen molar-refractivity contribution in [2.45, 2.75) is 13.5 Å². The first kappa shape index (κ1) is 22.4. The number of para-hydroxylation sites is 1. The average molecular weight is 482 g/mol. The Labute approximate surface area is 201 Å². The highest BCUT2D eigenvalue weighted by Crippen LogP contribution is 2.38. The largest absolute Gasteiger partial charge is 0.493 e. The van der Waals surface area contributed by atoms with Gasteiger partial charge in [0.05, 0.1) is 17.7 Å². The lowest BCUT2D eigenvalue weighted by atomic mass is 10.1. The van der Waals surface area contributed by atoms with Gasteiger partial charge in [0.1, 0.15) is 6.61 Å². The SMILES string of the molecule is COc1cc(/C=C2\SC(=S)N(c3ccccc3C)C2=O)ccc1OCc1ccc(Cl)cc1. The number of amides is 1. The molecule has 1 aliphatic rings. The third-order valence-corrected chi connectivity index (χ3v) is 6.50. The van der Waals surface area contributed by atoms with Crippen LogP contribution in [0.2, 0.25) is 5.02 Å². The van der Waals surface area contributed by atoms with Crippen LogP contribution >= 0.6 is 35.6 Å². The fourth-order valence-corrected chi connectivity index (χ4v) is 4.69. The molecule has 1 amide bonds. The Morgan fingerprint density at radius 1 is 1.06 bits per heavy atom. The molecular weight excluding hydrogens is 462 g/mol. The highest BCUT2D eigenvalue weighted by atomic mass is 35.5. The molecule has 32 heavy (non-hydrogen) atoms. The fraction of sp³-hybridized carbons (Fsp3) is 0.120. The molecule has 1 aliphatic heterocycles. The number of thioether (sulfide) groups is 1. The van der Waals surface area contributed by atoms with Gasteiger partial charge in [-0.3, -0.25) is 9.69 Å². The van der Waals surface area contributed by atoms with Gasteiger partial charge in [0, 0.05) is 5.02 Å². The van der Waals surface area contributed by atoms with Gasteiger partial charge in [-0.15, -0.1) is 0 Å². The number of ether oxygens (including phenoxy) is 2. The smallest absolute Gasteiger partial charge is 0.270 e. The molecule has 7 heteroatoms. The van der Waals surface area contributed by atoms with Crippen molar-refractivity contribution in [3.63, 3.8) is 0 Å². The van der Waals surface area contributed by atoms with Crippen LogP contribution in [0.15, 0.2) is 71.6 Å². The van der Waals surface area contributed by atoms with Crippen molar-refractivity contribution in [3.05, 3.63) is 93.3 Å². The van der Waals surface area contributed by atoms with Crippen molar-refractivity contribution in [1.82, 2.24) is 0 Å². The van der Waals surface area contributed by atoms with Gasteiger partial charge in [-0.1, -0.05) is 72.0 Å². The zero-order valence-electron chi connectivity index (χ0n) is 17.5. The van der Waals surface area contributed by atoms with Crippen LogP contribution in [0.5, 0.6) is 11.5 Å². The normalized spacial score (nSPS) is 14.8. The molecule has 3 aromatic carbocycles. The molecule has 0 bridgehead atoms. The molecule has 1 heterocycles. The van der Waals surface area contributed by atoms with E-state index in [-0.39, 0.29) is 5.91 Å². The van der Waals surface area contributed by atoms with Gasteiger partial charge in [-0.05, 0) is 60.0 Å². The number of nitrogens with zero attached hydrogens (tertiary/aromatic N) is 1. The number of benzene rings is 3. The summed E-state index contributed by atoms with van der Waals surface area (Å²) < 4.78 is 11.9. The van der Waals surface area contributed by atoms with Crippen molar-refractivity contribution in [2.24, 2.45) is 0 Å². The van der Waals surface area contributed by atoms with Crippen LogP contribution < -0.4 is 14.4 Å². The molecule has 0 aliphatic carbocycles. The van der Waals surface area contributed by atoms with Gasteiger partial charge in [-0.25, -0.2) is 0 Å². The summed E-state index contributed by atoms with van der Waals surface area (Å²) in [6, 6.07) is 20.8. The molecule has 162 valence electrons. The van der Waals surface area contributed by atoms with Crippen LogP contribution in [0.1, 0.15) is 16.7 Å². The number of halogens is 1. The first-order valence-electron chi connectivity index (χ1n) is 9.85. The van der Waals surface area contributed by atoms with Crippen LogP contribution in [-0.4, -0.2) is 17.3 Å². The van der Waals surface area contributed by atoms with E-state index in [0.717, 1.165) is 22.4 Å². The van der Waals surface area contributed by atoms with E-state index in [1.165, 1.54) is 11.8 Å². The van der Waals surface area contributed by atoms with Crippen LogP contribution in [0.4, 0.5) is 5.69 Å². The van der Waals surface area contributed by atoms with Gasteiger partial charge in [0.25, 0.3) is 5.91 Å². The predicted octanol–water partition coefficient (Wildman–Crippen LogP) is 6.64. The number of methoxy groups -OCH3 is 1. The number of anilines is 1. The lowest BCUT2D eigenvalue weighted by molar-refractivity contribution is -0.113. The Kier molecular flexibility index (Phi) is 6.84. The minimum Gasteiger partial charge on any atom is -0.493 e. The first-order valence-corrected chi connectivity index (χ1v) is 11.5. The molecule has 0 saturated carbocycles. The Bertz CT molecular complexity index is 1210. The van der Waals surface area contributed by atoms with Crippen LogP contribution in [0.25, 0.3) is 6.08 Å². The molecule has 0 unspecified atom stereocenters. The van der Waals surface area contributed by atoms with Gasteiger partial charge >= 0.3 is 0 Å². The second kappa shape index (κ2) is 9.77. The summed E-state index contributed by atoms with van der Waals surface area (Å²) in [5.74, 6) is 1.07. The molecule has 0 atom stereocenters. The van der Waals surface area contributed by atoms with Crippen LogP contribution in [0, 0.1) is 6.92 Å². The Hall–Kier alpha value is -2.80. The quantitative estimate of drug-likeness (QED) is 0.291. The molecule has 1 fully saturated rings. The summed E-state index contributed by atoms with van der Waals surface area (Å²) in [5, 5.41) is 0.684. The predicted molar refractivity (Wildman–Crippen MR) is 136 cm³/mol. The Balaban J connectivity index is 1.54. The van der Waals surface area contributed by atoms with Gasteiger partial charge < -0.3 is 9.47 Å². The van der Waals surface area contributed by atoms with Crippen molar-refractivity contribution in [1.29, 1.82) is 0 Å². The van der Waals surface area contributed by atoms with Crippen molar-refractivity contribution in [2.75, 3.05) is 12.0 Å². The maximum atomic E-state index is 13.1. The van der Waals surface area contributed by atoms with Crippen LogP contribution in [0.3, 0.4) is 0 Å². The molecule has 3 aromatic rings. The van der Waals surface area contributed by atoms with E-state index >= 15 is 0 Å². The van der Waals surface area contributed by atoms with E-state index in [1.807, 2.05) is 79.7 Å². The molecule has 1 saturated heterocycles. The second-order valence-corrected chi connectivity index (χ2v) is 9.24. The number of carbonyl (C=O) groups is 1. The standard InChI is InChI=1S/C25H20ClNO3S2/c1-16-5-3-4-6-20(16)27-24(28)23(32-25(27)31)14-18-9-12-21(22(13-18)29-2)30-15-17-7-10-19(26)11-8-17/h3-14H,15H2,1-2H3/b23-14-. The van der Waals surface area contributed by atoms with E-state index in [0.29, 0.717) is 32.4 Å². The zero-order chi connectivity index (χ0) is 22.7. The number of aryl methyl sites for hydroxylation is 1. The zero-order valence-corrected chi connectivity index (χ0v) is 19.9. The second-order valence-electron chi connectivity index (χ2n) is 7.13. The maximum Gasteiger partial charge on any atom is 0.270 e. The van der Waals surface area contributed by atoms with E-state index < -0.39 is 0 Å². The monoisotopic (exact) mass is 481 g/mol. The van der Waals surface area contributed by atoms with E-state index in [9.17, 15) is 4.79 Å². The molecule has 0 aromatic heterocycles. The van der Waals surface area contributed by atoms with Gasteiger partial charge in [0.2, 0.25) is 0 Å². The van der Waals surface area contributed by atoms with Crippen molar-refractivity contribution in [3.8, 4) is 11.5 Å². The minimum absolute atomic E-state index is 0.128. The van der Waals surface area contributed by atoms with Gasteiger partial charge in [-0.2, -0.15) is 0 Å². The Morgan fingerprint density at radius 2 is 1.81 bits per heavy atom. The molecule has 4 rings (SSSR count). The van der Waals surface area contributed by atoms with Crippen LogP contribution in [-0.2, 0) is 11.4 Å². The highest BCUT2D eigenvalue weighted by Gasteiger charge is 2.33. The molecular formula is C25H20ClNO3S2. The lowest BCUT2D eigenvalue weighted by Crippen LogP contribution is -2.28. The van der Waals surface area contributed by atoms with Crippen molar-refractivity contribution < 1.29 is 14.3 Å². The summed E-state index contributed by atoms with van der Waals surface area (Å²) in [7, 11) is 1.59. The maximum absolute atomic E-state index is 13.1.